The molecule has 6 heteroatoms. The van der Waals surface area contributed by atoms with Crippen LogP contribution < -0.4 is 14.8 Å². The van der Waals surface area contributed by atoms with E-state index in [9.17, 15) is 4.79 Å². The molecule has 0 atom stereocenters. The van der Waals surface area contributed by atoms with E-state index in [0.717, 1.165) is 16.3 Å². The van der Waals surface area contributed by atoms with Gasteiger partial charge in [0.15, 0.2) is 6.61 Å². The van der Waals surface area contributed by atoms with Crippen LogP contribution in [-0.2, 0) is 11.2 Å². The van der Waals surface area contributed by atoms with Gasteiger partial charge in [-0.3, -0.25) is 4.79 Å². The van der Waals surface area contributed by atoms with Crippen LogP contribution in [0.25, 0.3) is 10.2 Å². The molecule has 0 spiro atoms. The molecular formula is C19H20N2O3S. The van der Waals surface area contributed by atoms with E-state index >= 15 is 0 Å². The molecule has 2 aromatic carbocycles. The first-order chi connectivity index (χ1) is 12.2. The van der Waals surface area contributed by atoms with E-state index in [1.807, 2.05) is 37.3 Å². The number of hydrogen-bond donors (Lipinski definition) is 1. The second kappa shape index (κ2) is 8.48. The number of benzene rings is 2. The van der Waals surface area contributed by atoms with E-state index < -0.39 is 0 Å². The predicted molar refractivity (Wildman–Crippen MR) is 99.4 cm³/mol. The van der Waals surface area contributed by atoms with E-state index in [2.05, 4.69) is 16.4 Å². The molecule has 0 saturated carbocycles. The third-order valence-corrected chi connectivity index (χ3v) is 4.60. The highest BCUT2D eigenvalue weighted by Gasteiger charge is 2.06. The summed E-state index contributed by atoms with van der Waals surface area (Å²) >= 11 is 1.66. The lowest BCUT2D eigenvalue weighted by molar-refractivity contribution is -0.123. The molecule has 1 aromatic heterocycles. The van der Waals surface area contributed by atoms with E-state index in [4.69, 9.17) is 9.47 Å². The molecule has 0 bridgehead atoms. The molecule has 1 amide bonds. The fourth-order valence-electron chi connectivity index (χ4n) is 2.33. The van der Waals surface area contributed by atoms with Gasteiger partial charge in [-0.15, -0.1) is 11.3 Å². The Bertz CT molecular complexity index is 797. The van der Waals surface area contributed by atoms with E-state index in [-0.39, 0.29) is 12.5 Å². The first kappa shape index (κ1) is 17.2. The predicted octanol–water partition coefficient (Wildman–Crippen LogP) is 3.43. The summed E-state index contributed by atoms with van der Waals surface area (Å²) in [5, 5.41) is 3.88. The number of aromatic nitrogens is 1. The Labute approximate surface area is 150 Å². The Hall–Kier alpha value is -2.60. The van der Waals surface area contributed by atoms with Crippen molar-refractivity contribution in [2.75, 3.05) is 19.8 Å². The molecule has 1 heterocycles. The van der Waals surface area contributed by atoms with Crippen molar-refractivity contribution < 1.29 is 14.3 Å². The van der Waals surface area contributed by atoms with Crippen LogP contribution in [0.3, 0.4) is 0 Å². The Morgan fingerprint density at radius 1 is 1.08 bits per heavy atom. The summed E-state index contributed by atoms with van der Waals surface area (Å²) in [4.78, 5) is 16.4. The van der Waals surface area contributed by atoms with Gasteiger partial charge in [-0.1, -0.05) is 12.1 Å². The number of para-hydroxylation sites is 1. The normalized spacial score (nSPS) is 10.6. The van der Waals surface area contributed by atoms with Crippen molar-refractivity contribution in [2.24, 2.45) is 0 Å². The van der Waals surface area contributed by atoms with Crippen molar-refractivity contribution in [1.82, 2.24) is 10.3 Å². The SMILES string of the molecule is CCOc1ccc(OCC(=O)NCCc2nc3ccccc3s2)cc1. The van der Waals surface area contributed by atoms with Gasteiger partial charge in [0.25, 0.3) is 5.91 Å². The molecule has 0 aliphatic heterocycles. The van der Waals surface area contributed by atoms with E-state index in [0.29, 0.717) is 25.3 Å². The number of carbonyl (C=O) groups is 1. The smallest absolute Gasteiger partial charge is 0.257 e. The minimum absolute atomic E-state index is 0.00612. The van der Waals surface area contributed by atoms with Crippen LogP contribution in [-0.4, -0.2) is 30.6 Å². The molecule has 0 saturated heterocycles. The van der Waals surface area contributed by atoms with Crippen LogP contribution >= 0.6 is 11.3 Å². The highest BCUT2D eigenvalue weighted by molar-refractivity contribution is 7.18. The highest BCUT2D eigenvalue weighted by atomic mass is 32.1. The first-order valence-electron chi connectivity index (χ1n) is 8.21. The van der Waals surface area contributed by atoms with Gasteiger partial charge in [0.2, 0.25) is 0 Å². The number of ether oxygens (including phenoxy) is 2. The summed E-state index contributed by atoms with van der Waals surface area (Å²) in [6.07, 6.45) is 0.716. The van der Waals surface area contributed by atoms with Gasteiger partial charge in [-0.05, 0) is 43.3 Å². The zero-order valence-corrected chi connectivity index (χ0v) is 14.8. The van der Waals surface area contributed by atoms with Crippen LogP contribution in [0.5, 0.6) is 11.5 Å². The maximum atomic E-state index is 11.9. The Morgan fingerprint density at radius 2 is 1.80 bits per heavy atom. The molecule has 0 aliphatic carbocycles. The van der Waals surface area contributed by atoms with Gasteiger partial charge in [0, 0.05) is 13.0 Å². The molecule has 0 fully saturated rings. The average molecular weight is 356 g/mol. The Balaban J connectivity index is 1.40. The lowest BCUT2D eigenvalue weighted by atomic mass is 10.3. The van der Waals surface area contributed by atoms with Crippen molar-refractivity contribution >= 4 is 27.5 Å². The average Bonchev–Trinajstić information content (AvgIpc) is 3.04. The summed E-state index contributed by atoms with van der Waals surface area (Å²) in [6.45, 7) is 3.10. The van der Waals surface area contributed by atoms with E-state index in [1.54, 1.807) is 23.5 Å². The second-order valence-electron chi connectivity index (χ2n) is 5.37. The summed E-state index contributed by atoms with van der Waals surface area (Å²) < 4.78 is 12.0. The molecule has 1 N–H and O–H groups in total. The zero-order valence-electron chi connectivity index (χ0n) is 14.0. The number of nitrogens with zero attached hydrogens (tertiary/aromatic N) is 1. The standard InChI is InChI=1S/C19H20N2O3S/c1-2-23-14-7-9-15(10-8-14)24-13-18(22)20-12-11-19-21-16-5-3-4-6-17(16)25-19/h3-10H,2,11-13H2,1H3,(H,20,22). The largest absolute Gasteiger partial charge is 0.494 e. The number of thiazole rings is 1. The van der Waals surface area contributed by atoms with Gasteiger partial charge in [0.05, 0.1) is 21.8 Å². The molecule has 0 radical (unpaired) electrons. The van der Waals surface area contributed by atoms with Gasteiger partial charge in [0.1, 0.15) is 11.5 Å². The van der Waals surface area contributed by atoms with Crippen LogP contribution in [0.4, 0.5) is 0 Å². The summed E-state index contributed by atoms with van der Waals surface area (Å²) in [5.74, 6) is 1.29. The molecule has 0 aliphatic rings. The van der Waals surface area contributed by atoms with Crippen molar-refractivity contribution in [3.63, 3.8) is 0 Å². The quantitative estimate of drug-likeness (QED) is 0.672. The number of rotatable bonds is 8. The van der Waals surface area contributed by atoms with Gasteiger partial charge < -0.3 is 14.8 Å². The number of fused-ring (bicyclic) bond motifs is 1. The Kier molecular flexibility index (Phi) is 5.85. The number of nitrogens with one attached hydrogen (secondary N) is 1. The minimum Gasteiger partial charge on any atom is -0.494 e. The van der Waals surface area contributed by atoms with Gasteiger partial charge >= 0.3 is 0 Å². The van der Waals surface area contributed by atoms with Crippen molar-refractivity contribution in [3.05, 3.63) is 53.5 Å². The monoisotopic (exact) mass is 356 g/mol. The molecule has 3 aromatic rings. The molecule has 0 unspecified atom stereocenters. The highest BCUT2D eigenvalue weighted by Crippen LogP contribution is 2.21. The van der Waals surface area contributed by atoms with Gasteiger partial charge in [-0.2, -0.15) is 0 Å². The summed E-state index contributed by atoms with van der Waals surface area (Å²) in [5.41, 5.74) is 1.01. The van der Waals surface area contributed by atoms with Crippen LogP contribution in [0.15, 0.2) is 48.5 Å². The first-order valence-corrected chi connectivity index (χ1v) is 9.03. The molecular weight excluding hydrogens is 336 g/mol. The summed E-state index contributed by atoms with van der Waals surface area (Å²) in [6, 6.07) is 15.3. The number of hydrogen-bond acceptors (Lipinski definition) is 5. The topological polar surface area (TPSA) is 60.5 Å². The van der Waals surface area contributed by atoms with Crippen molar-refractivity contribution in [1.29, 1.82) is 0 Å². The third kappa shape index (κ3) is 4.93. The fourth-order valence-corrected chi connectivity index (χ4v) is 3.30. The molecule has 5 nitrogen and oxygen atoms in total. The summed E-state index contributed by atoms with van der Waals surface area (Å²) in [7, 11) is 0. The third-order valence-electron chi connectivity index (χ3n) is 3.50. The fraction of sp³-hybridized carbons (Fsp3) is 0.263. The molecule has 130 valence electrons. The second-order valence-corrected chi connectivity index (χ2v) is 6.48. The maximum absolute atomic E-state index is 11.9. The minimum atomic E-state index is -0.144. The van der Waals surface area contributed by atoms with Crippen LogP contribution in [0, 0.1) is 0 Å². The Morgan fingerprint density at radius 3 is 2.52 bits per heavy atom. The zero-order chi connectivity index (χ0) is 17.5. The molecule has 3 rings (SSSR count). The van der Waals surface area contributed by atoms with Crippen molar-refractivity contribution in [3.8, 4) is 11.5 Å². The van der Waals surface area contributed by atoms with Crippen LogP contribution in [0.1, 0.15) is 11.9 Å². The van der Waals surface area contributed by atoms with Crippen molar-refractivity contribution in [2.45, 2.75) is 13.3 Å². The molecule has 25 heavy (non-hydrogen) atoms. The van der Waals surface area contributed by atoms with Gasteiger partial charge in [-0.25, -0.2) is 4.98 Å². The number of amides is 1. The lowest BCUT2D eigenvalue weighted by Gasteiger charge is -2.08. The van der Waals surface area contributed by atoms with E-state index in [1.165, 1.54) is 4.70 Å². The lowest BCUT2D eigenvalue weighted by Crippen LogP contribution is -2.30. The number of carbonyl (C=O) groups excluding carboxylic acids is 1. The van der Waals surface area contributed by atoms with Crippen LogP contribution in [0.2, 0.25) is 0 Å². The maximum Gasteiger partial charge on any atom is 0.257 e.